The zero-order valence-electron chi connectivity index (χ0n) is 18.6. The molecule has 0 saturated heterocycles. The summed E-state index contributed by atoms with van der Waals surface area (Å²) in [6, 6.07) is 11.9. The minimum absolute atomic E-state index is 0.419. The third-order valence-corrected chi connectivity index (χ3v) is 6.82. The predicted molar refractivity (Wildman–Crippen MR) is 127 cm³/mol. The molecule has 33 heavy (non-hydrogen) atoms. The summed E-state index contributed by atoms with van der Waals surface area (Å²) in [4.78, 5) is 25.7. The largest absolute Gasteiger partial charge is 0.452 e. The summed E-state index contributed by atoms with van der Waals surface area (Å²) in [6.07, 6.45) is 6.90. The number of aryl methyl sites for hydroxylation is 2. The number of nitriles is 1. The van der Waals surface area contributed by atoms with Gasteiger partial charge in [0, 0.05) is 22.2 Å². The van der Waals surface area contributed by atoms with Gasteiger partial charge >= 0.3 is 5.97 Å². The Balaban J connectivity index is 1.37. The number of carbonyl (C=O) groups is 2. The van der Waals surface area contributed by atoms with Crippen molar-refractivity contribution in [2.45, 2.75) is 39.5 Å². The number of rotatable bonds is 6. The van der Waals surface area contributed by atoms with Gasteiger partial charge in [-0.3, -0.25) is 4.79 Å². The smallest absolute Gasteiger partial charge is 0.331 e. The summed E-state index contributed by atoms with van der Waals surface area (Å²) in [6.45, 7) is 3.38. The van der Waals surface area contributed by atoms with Gasteiger partial charge in [0.15, 0.2) is 6.61 Å². The van der Waals surface area contributed by atoms with Crippen molar-refractivity contribution in [3.8, 4) is 11.8 Å². The second kappa shape index (κ2) is 9.84. The molecule has 0 fully saturated rings. The van der Waals surface area contributed by atoms with Gasteiger partial charge in [0.1, 0.15) is 11.1 Å². The van der Waals surface area contributed by atoms with Crippen molar-refractivity contribution < 1.29 is 14.3 Å². The summed E-state index contributed by atoms with van der Waals surface area (Å²) >= 11 is 1.44. The molecule has 0 spiro atoms. The maximum atomic E-state index is 12.3. The van der Waals surface area contributed by atoms with E-state index in [0.717, 1.165) is 58.8 Å². The molecule has 7 nitrogen and oxygen atoms in total. The van der Waals surface area contributed by atoms with E-state index in [1.165, 1.54) is 17.4 Å². The Morgan fingerprint density at radius 2 is 2.00 bits per heavy atom. The molecule has 168 valence electrons. The lowest BCUT2D eigenvalue weighted by Gasteiger charge is -2.09. The van der Waals surface area contributed by atoms with Gasteiger partial charge in [0.25, 0.3) is 5.91 Å². The highest BCUT2D eigenvalue weighted by atomic mass is 32.1. The number of esters is 1. The van der Waals surface area contributed by atoms with Crippen molar-refractivity contribution >= 4 is 34.3 Å². The summed E-state index contributed by atoms with van der Waals surface area (Å²) < 4.78 is 6.92. The molecular formula is C25H24N4O3S. The summed E-state index contributed by atoms with van der Waals surface area (Å²) in [7, 11) is 0. The van der Waals surface area contributed by atoms with Crippen LogP contribution in [0.5, 0.6) is 0 Å². The Hall–Kier alpha value is -3.70. The van der Waals surface area contributed by atoms with Crippen LogP contribution in [0.2, 0.25) is 0 Å². The predicted octanol–water partition coefficient (Wildman–Crippen LogP) is 4.50. The fourth-order valence-corrected chi connectivity index (χ4v) is 5.24. The van der Waals surface area contributed by atoms with Crippen LogP contribution in [0.15, 0.2) is 36.4 Å². The third kappa shape index (κ3) is 4.89. The van der Waals surface area contributed by atoms with Crippen LogP contribution in [-0.2, 0) is 27.2 Å². The molecule has 8 heteroatoms. The van der Waals surface area contributed by atoms with Crippen LogP contribution in [0.3, 0.4) is 0 Å². The maximum Gasteiger partial charge on any atom is 0.331 e. The van der Waals surface area contributed by atoms with Gasteiger partial charge in [-0.25, -0.2) is 9.48 Å². The number of fused-ring (bicyclic) bond motifs is 1. The Morgan fingerprint density at radius 1 is 1.24 bits per heavy atom. The fraction of sp³-hybridized carbons (Fsp3) is 0.280. The molecule has 3 aromatic rings. The van der Waals surface area contributed by atoms with E-state index < -0.39 is 18.5 Å². The molecule has 1 amide bonds. The molecule has 0 atom stereocenters. The number of thiophene rings is 1. The van der Waals surface area contributed by atoms with Crippen LogP contribution in [-0.4, -0.2) is 28.3 Å². The Morgan fingerprint density at radius 3 is 2.76 bits per heavy atom. The molecule has 2 aromatic heterocycles. The molecule has 1 N–H and O–H groups in total. The van der Waals surface area contributed by atoms with Crippen molar-refractivity contribution in [3.63, 3.8) is 0 Å². The first-order valence-corrected chi connectivity index (χ1v) is 11.6. The number of amides is 1. The standard InChI is InChI=1S/C25H24N4O3S/c1-16-19(17(2)29(28-16)18-8-4-3-5-9-18)12-13-24(31)32-15-23(30)27-25-21(14-26)20-10-6-7-11-22(20)33-25/h3-5,8-9,12-13H,6-7,10-11,15H2,1-2H3,(H,27,30)/b13-12+. The normalized spacial score (nSPS) is 12.9. The summed E-state index contributed by atoms with van der Waals surface area (Å²) in [5.41, 5.74) is 5.02. The molecular weight excluding hydrogens is 436 g/mol. The fourth-order valence-electron chi connectivity index (χ4n) is 3.99. The van der Waals surface area contributed by atoms with Gasteiger partial charge in [-0.15, -0.1) is 11.3 Å². The minimum Gasteiger partial charge on any atom is -0.452 e. The van der Waals surface area contributed by atoms with Crippen LogP contribution in [0, 0.1) is 25.2 Å². The van der Waals surface area contributed by atoms with Gasteiger partial charge in [-0.05, 0) is 63.3 Å². The van der Waals surface area contributed by atoms with E-state index in [2.05, 4.69) is 16.5 Å². The van der Waals surface area contributed by atoms with Crippen molar-refractivity contribution in [1.82, 2.24) is 9.78 Å². The van der Waals surface area contributed by atoms with Gasteiger partial charge in [-0.1, -0.05) is 18.2 Å². The molecule has 1 aliphatic rings. The number of ether oxygens (including phenoxy) is 1. The van der Waals surface area contributed by atoms with Crippen LogP contribution >= 0.6 is 11.3 Å². The number of benzene rings is 1. The molecule has 0 bridgehead atoms. The van der Waals surface area contributed by atoms with Crippen molar-refractivity contribution in [2.24, 2.45) is 0 Å². The molecule has 0 saturated carbocycles. The van der Waals surface area contributed by atoms with Gasteiger partial charge in [-0.2, -0.15) is 10.4 Å². The lowest BCUT2D eigenvalue weighted by atomic mass is 9.96. The summed E-state index contributed by atoms with van der Waals surface area (Å²) in [5.74, 6) is -1.08. The van der Waals surface area contributed by atoms with Crippen molar-refractivity contribution in [1.29, 1.82) is 5.26 Å². The highest BCUT2D eigenvalue weighted by molar-refractivity contribution is 7.16. The van der Waals surface area contributed by atoms with Crippen LogP contribution in [0.1, 0.15) is 45.8 Å². The average Bonchev–Trinajstić information content (AvgIpc) is 3.32. The van der Waals surface area contributed by atoms with Gasteiger partial charge in [0.05, 0.1) is 16.9 Å². The highest BCUT2D eigenvalue weighted by Gasteiger charge is 2.22. The number of carbonyl (C=O) groups excluding carboxylic acids is 2. The van der Waals surface area contributed by atoms with E-state index in [1.807, 2.05) is 48.9 Å². The van der Waals surface area contributed by atoms with E-state index in [1.54, 1.807) is 6.08 Å². The summed E-state index contributed by atoms with van der Waals surface area (Å²) in [5, 5.41) is 17.3. The van der Waals surface area contributed by atoms with Gasteiger partial charge in [0.2, 0.25) is 0 Å². The molecule has 4 rings (SSSR count). The van der Waals surface area contributed by atoms with Crippen LogP contribution in [0.4, 0.5) is 5.00 Å². The molecule has 0 aliphatic heterocycles. The number of nitrogens with one attached hydrogen (secondary N) is 1. The number of nitrogens with zero attached hydrogens (tertiary/aromatic N) is 3. The topological polar surface area (TPSA) is 97.0 Å². The van der Waals surface area contributed by atoms with Crippen LogP contribution in [0.25, 0.3) is 11.8 Å². The number of hydrogen-bond donors (Lipinski definition) is 1. The zero-order valence-corrected chi connectivity index (χ0v) is 19.4. The highest BCUT2D eigenvalue weighted by Crippen LogP contribution is 2.37. The Kier molecular flexibility index (Phi) is 6.71. The Labute approximate surface area is 196 Å². The third-order valence-electron chi connectivity index (χ3n) is 5.62. The SMILES string of the molecule is Cc1nn(-c2ccccc2)c(C)c1/C=C/C(=O)OCC(=O)Nc1sc2c(c1C#N)CCCC2. The molecule has 0 radical (unpaired) electrons. The monoisotopic (exact) mass is 460 g/mol. The molecule has 1 aromatic carbocycles. The van der Waals surface area contributed by atoms with E-state index in [4.69, 9.17) is 4.74 Å². The Bertz CT molecular complexity index is 1270. The molecule has 2 heterocycles. The zero-order chi connectivity index (χ0) is 23.4. The number of hydrogen-bond acceptors (Lipinski definition) is 6. The quantitative estimate of drug-likeness (QED) is 0.432. The van der Waals surface area contributed by atoms with Crippen LogP contribution < -0.4 is 5.32 Å². The van der Waals surface area contributed by atoms with E-state index in [0.29, 0.717) is 10.6 Å². The number of anilines is 1. The second-order valence-electron chi connectivity index (χ2n) is 7.85. The van der Waals surface area contributed by atoms with Gasteiger partial charge < -0.3 is 10.1 Å². The first-order valence-electron chi connectivity index (χ1n) is 10.8. The van der Waals surface area contributed by atoms with E-state index >= 15 is 0 Å². The number of para-hydroxylation sites is 1. The van der Waals surface area contributed by atoms with E-state index in [-0.39, 0.29) is 0 Å². The van der Waals surface area contributed by atoms with E-state index in [9.17, 15) is 14.9 Å². The lowest BCUT2D eigenvalue weighted by molar-refractivity contribution is -0.142. The minimum atomic E-state index is -0.623. The first-order chi connectivity index (χ1) is 16.0. The first kappa shape index (κ1) is 22.5. The van der Waals surface area contributed by atoms with Crippen molar-refractivity contribution in [3.05, 3.63) is 69.4 Å². The lowest BCUT2D eigenvalue weighted by Crippen LogP contribution is -2.20. The second-order valence-corrected chi connectivity index (χ2v) is 8.95. The van der Waals surface area contributed by atoms with Crippen molar-refractivity contribution in [2.75, 3.05) is 11.9 Å². The molecule has 1 aliphatic carbocycles. The average molecular weight is 461 g/mol. The number of aromatic nitrogens is 2. The molecule has 0 unspecified atom stereocenters. The maximum absolute atomic E-state index is 12.3.